The lowest BCUT2D eigenvalue weighted by molar-refractivity contribution is 0.475. The van der Waals surface area contributed by atoms with E-state index in [0.717, 1.165) is 45.8 Å². The molecule has 0 fully saturated rings. The molecule has 5 rings (SSSR count). The highest BCUT2D eigenvalue weighted by atomic mass is 32.1. The number of hydrogen-bond acceptors (Lipinski definition) is 6. The lowest BCUT2D eigenvalue weighted by Gasteiger charge is -2.16. The topological polar surface area (TPSA) is 78.3 Å². The van der Waals surface area contributed by atoms with Crippen LogP contribution in [-0.2, 0) is 12.8 Å². The van der Waals surface area contributed by atoms with Crippen LogP contribution in [0.5, 0.6) is 11.5 Å². The molecule has 0 bridgehead atoms. The average molecular weight is 387 g/mol. The first-order chi connectivity index (χ1) is 13.7. The van der Waals surface area contributed by atoms with E-state index in [1.54, 1.807) is 41.7 Å². The number of phenols is 2. The Morgan fingerprint density at radius 2 is 1.75 bits per heavy atom. The number of nitrogens with zero attached hydrogens (tertiary/aromatic N) is 2. The van der Waals surface area contributed by atoms with Gasteiger partial charge in [0.2, 0.25) is 5.95 Å². The van der Waals surface area contributed by atoms with E-state index in [2.05, 4.69) is 16.4 Å². The average Bonchev–Trinajstić information content (AvgIpc) is 3.13. The van der Waals surface area contributed by atoms with Crippen molar-refractivity contribution in [2.24, 2.45) is 0 Å². The zero-order valence-electron chi connectivity index (χ0n) is 14.9. The minimum absolute atomic E-state index is 0.193. The van der Waals surface area contributed by atoms with Crippen molar-refractivity contribution in [3.8, 4) is 33.2 Å². The van der Waals surface area contributed by atoms with Gasteiger partial charge in [0, 0.05) is 33.3 Å². The monoisotopic (exact) mass is 387 g/mol. The number of thiophene rings is 1. The van der Waals surface area contributed by atoms with Crippen LogP contribution in [0.1, 0.15) is 10.4 Å². The van der Waals surface area contributed by atoms with Crippen LogP contribution < -0.4 is 5.32 Å². The van der Waals surface area contributed by atoms with Gasteiger partial charge in [-0.2, -0.15) is 0 Å². The fourth-order valence-corrected chi connectivity index (χ4v) is 4.62. The third kappa shape index (κ3) is 3.08. The molecule has 0 saturated heterocycles. The molecule has 28 heavy (non-hydrogen) atoms. The number of aryl methyl sites for hydroxylation is 2. The maximum atomic E-state index is 9.79. The van der Waals surface area contributed by atoms with Gasteiger partial charge in [-0.05, 0) is 54.3 Å². The molecule has 1 aliphatic carbocycles. The summed E-state index contributed by atoms with van der Waals surface area (Å²) in [7, 11) is 0. The highest BCUT2D eigenvalue weighted by molar-refractivity contribution is 7.16. The van der Waals surface area contributed by atoms with Gasteiger partial charge in [0.1, 0.15) is 11.5 Å². The SMILES string of the molecule is Oc1cccc(Nc2ncc3c(n2)-c2cc(-c4cccc(O)c4)sc2CC3)c1. The molecular formula is C22H17N3O2S. The highest BCUT2D eigenvalue weighted by Gasteiger charge is 2.22. The highest BCUT2D eigenvalue weighted by Crippen LogP contribution is 2.42. The van der Waals surface area contributed by atoms with E-state index in [1.807, 2.05) is 24.4 Å². The molecule has 2 aromatic heterocycles. The number of nitrogens with one attached hydrogen (secondary N) is 1. The fraction of sp³-hybridized carbons (Fsp3) is 0.0909. The number of fused-ring (bicyclic) bond motifs is 3. The Morgan fingerprint density at radius 1 is 0.929 bits per heavy atom. The zero-order valence-corrected chi connectivity index (χ0v) is 15.7. The van der Waals surface area contributed by atoms with E-state index in [1.165, 1.54) is 4.88 Å². The van der Waals surface area contributed by atoms with Gasteiger partial charge in [0.25, 0.3) is 0 Å². The molecule has 0 unspecified atom stereocenters. The second-order valence-corrected chi connectivity index (χ2v) is 7.88. The van der Waals surface area contributed by atoms with Gasteiger partial charge in [-0.3, -0.25) is 0 Å². The molecule has 3 N–H and O–H groups in total. The largest absolute Gasteiger partial charge is 0.508 e. The lowest BCUT2D eigenvalue weighted by atomic mass is 9.96. The van der Waals surface area contributed by atoms with Crippen LogP contribution in [0.4, 0.5) is 11.6 Å². The Hall–Kier alpha value is -3.38. The van der Waals surface area contributed by atoms with Crippen LogP contribution in [0, 0.1) is 0 Å². The number of hydrogen-bond donors (Lipinski definition) is 3. The Bertz CT molecular complexity index is 1190. The summed E-state index contributed by atoms with van der Waals surface area (Å²) in [6.45, 7) is 0. The summed E-state index contributed by atoms with van der Waals surface area (Å²) in [5, 5.41) is 22.6. The number of anilines is 2. The van der Waals surface area contributed by atoms with Crippen molar-refractivity contribution in [2.45, 2.75) is 12.8 Å². The number of phenolic OH excluding ortho intramolecular Hbond substituents is 2. The first-order valence-electron chi connectivity index (χ1n) is 9.00. The second-order valence-electron chi connectivity index (χ2n) is 6.74. The van der Waals surface area contributed by atoms with E-state index >= 15 is 0 Å². The maximum Gasteiger partial charge on any atom is 0.227 e. The minimum Gasteiger partial charge on any atom is -0.508 e. The molecule has 138 valence electrons. The molecule has 0 radical (unpaired) electrons. The second kappa shape index (κ2) is 6.65. The summed E-state index contributed by atoms with van der Waals surface area (Å²) in [6.07, 6.45) is 3.76. The van der Waals surface area contributed by atoms with Crippen molar-refractivity contribution in [2.75, 3.05) is 5.32 Å². The Labute approximate surface area is 166 Å². The van der Waals surface area contributed by atoms with Crippen LogP contribution in [0.25, 0.3) is 21.7 Å². The summed E-state index contributed by atoms with van der Waals surface area (Å²) in [5.74, 6) is 0.963. The van der Waals surface area contributed by atoms with Gasteiger partial charge in [-0.15, -0.1) is 11.3 Å². The van der Waals surface area contributed by atoms with Crippen LogP contribution in [0.3, 0.4) is 0 Å². The predicted molar refractivity (Wildman–Crippen MR) is 111 cm³/mol. The first-order valence-corrected chi connectivity index (χ1v) is 9.82. The molecule has 1 aliphatic rings. The molecule has 0 aliphatic heterocycles. The summed E-state index contributed by atoms with van der Waals surface area (Å²) in [4.78, 5) is 11.6. The van der Waals surface area contributed by atoms with Gasteiger partial charge in [-0.1, -0.05) is 18.2 Å². The van der Waals surface area contributed by atoms with E-state index < -0.39 is 0 Å². The third-order valence-electron chi connectivity index (χ3n) is 4.78. The van der Waals surface area contributed by atoms with Crippen molar-refractivity contribution >= 4 is 23.0 Å². The molecule has 6 heteroatoms. The van der Waals surface area contributed by atoms with Crippen molar-refractivity contribution in [3.05, 3.63) is 71.2 Å². The molecular weight excluding hydrogens is 370 g/mol. The molecule has 0 spiro atoms. The maximum absolute atomic E-state index is 9.79. The third-order valence-corrected chi connectivity index (χ3v) is 6.03. The minimum atomic E-state index is 0.193. The Balaban J connectivity index is 1.53. The van der Waals surface area contributed by atoms with Crippen LogP contribution >= 0.6 is 11.3 Å². The molecule has 0 atom stereocenters. The first kappa shape index (κ1) is 16.8. The van der Waals surface area contributed by atoms with Gasteiger partial charge in [0.15, 0.2) is 0 Å². The van der Waals surface area contributed by atoms with Gasteiger partial charge >= 0.3 is 0 Å². The molecule has 5 nitrogen and oxygen atoms in total. The van der Waals surface area contributed by atoms with Crippen molar-refractivity contribution in [1.29, 1.82) is 0 Å². The Kier molecular flexibility index (Phi) is 3.98. The van der Waals surface area contributed by atoms with Crippen LogP contribution in [0.2, 0.25) is 0 Å². The number of benzene rings is 2. The van der Waals surface area contributed by atoms with Crippen molar-refractivity contribution in [3.63, 3.8) is 0 Å². The normalized spacial score (nSPS) is 12.3. The van der Waals surface area contributed by atoms with E-state index in [4.69, 9.17) is 4.98 Å². The summed E-state index contributed by atoms with van der Waals surface area (Å²) in [6, 6.07) is 16.4. The molecule has 0 saturated carbocycles. The van der Waals surface area contributed by atoms with Gasteiger partial charge in [0.05, 0.1) is 5.69 Å². The smallest absolute Gasteiger partial charge is 0.227 e. The summed E-state index contributed by atoms with van der Waals surface area (Å²) < 4.78 is 0. The molecule has 2 aromatic carbocycles. The van der Waals surface area contributed by atoms with Crippen molar-refractivity contribution < 1.29 is 10.2 Å². The summed E-state index contributed by atoms with van der Waals surface area (Å²) in [5.41, 5.74) is 4.96. The van der Waals surface area contributed by atoms with Crippen LogP contribution in [-0.4, -0.2) is 20.2 Å². The standard InChI is InChI=1S/C22H17N3O2S/c26-16-5-1-3-13(9-16)20-11-18-19(28-20)8-7-14-12-23-22(25-21(14)18)24-15-4-2-6-17(27)10-15/h1-6,9-12,26-27H,7-8H2,(H,23,24,25). The van der Waals surface area contributed by atoms with Crippen molar-refractivity contribution in [1.82, 2.24) is 9.97 Å². The van der Waals surface area contributed by atoms with E-state index in [-0.39, 0.29) is 11.5 Å². The van der Waals surface area contributed by atoms with Gasteiger partial charge in [-0.25, -0.2) is 9.97 Å². The Morgan fingerprint density at radius 3 is 2.57 bits per heavy atom. The molecule has 2 heterocycles. The molecule has 0 amide bonds. The van der Waals surface area contributed by atoms with Gasteiger partial charge < -0.3 is 15.5 Å². The number of aromatic hydroxyl groups is 2. The fourth-order valence-electron chi connectivity index (χ4n) is 3.46. The number of aromatic nitrogens is 2. The zero-order chi connectivity index (χ0) is 19.1. The lowest BCUT2D eigenvalue weighted by Crippen LogP contribution is -2.06. The van der Waals surface area contributed by atoms with E-state index in [0.29, 0.717) is 5.95 Å². The summed E-state index contributed by atoms with van der Waals surface area (Å²) >= 11 is 1.75. The van der Waals surface area contributed by atoms with Crippen LogP contribution in [0.15, 0.2) is 60.8 Å². The quantitative estimate of drug-likeness (QED) is 0.454. The molecule has 4 aromatic rings. The number of rotatable bonds is 3. The van der Waals surface area contributed by atoms with E-state index in [9.17, 15) is 10.2 Å². The predicted octanol–water partition coefficient (Wildman–Crippen LogP) is 5.13.